The zero-order valence-electron chi connectivity index (χ0n) is 12.7. The first kappa shape index (κ1) is 15.8. The van der Waals surface area contributed by atoms with Crippen LogP contribution in [0.25, 0.3) is 0 Å². The van der Waals surface area contributed by atoms with Crippen LogP contribution < -0.4 is 4.74 Å². The number of hydrogen-bond acceptors (Lipinski definition) is 5. The van der Waals surface area contributed by atoms with Crippen LogP contribution in [0.1, 0.15) is 12.5 Å². The van der Waals surface area contributed by atoms with Crippen LogP contribution in [-0.4, -0.2) is 56.9 Å². The summed E-state index contributed by atoms with van der Waals surface area (Å²) in [6, 6.07) is 7.56. The van der Waals surface area contributed by atoms with Crippen molar-refractivity contribution in [1.82, 2.24) is 4.90 Å². The maximum Gasteiger partial charge on any atom is 0.309 e. The number of carbonyl (C=O) groups is 1. The van der Waals surface area contributed by atoms with Crippen molar-refractivity contribution in [3.63, 3.8) is 0 Å². The number of esters is 1. The Bertz CT molecular complexity index is 446. The van der Waals surface area contributed by atoms with Gasteiger partial charge < -0.3 is 14.2 Å². The molecule has 0 aliphatic carbocycles. The number of methoxy groups -OCH3 is 1. The van der Waals surface area contributed by atoms with Gasteiger partial charge in [-0.3, -0.25) is 9.69 Å². The molecule has 0 saturated carbocycles. The van der Waals surface area contributed by atoms with Crippen LogP contribution in [-0.2, 0) is 20.7 Å². The molecule has 0 radical (unpaired) electrons. The molecule has 0 N–H and O–H groups in total. The molecule has 1 aliphatic rings. The Morgan fingerprint density at radius 2 is 2.14 bits per heavy atom. The lowest BCUT2D eigenvalue weighted by molar-refractivity contribution is -0.139. The summed E-state index contributed by atoms with van der Waals surface area (Å²) in [5, 5.41) is 0. The lowest BCUT2D eigenvalue weighted by Gasteiger charge is -2.30. The van der Waals surface area contributed by atoms with Gasteiger partial charge in [-0.15, -0.1) is 0 Å². The van der Waals surface area contributed by atoms with E-state index in [0.717, 1.165) is 37.6 Å². The van der Waals surface area contributed by atoms with E-state index in [1.807, 2.05) is 24.3 Å². The summed E-state index contributed by atoms with van der Waals surface area (Å²) >= 11 is 0. The Balaban J connectivity index is 1.72. The molecular formula is C16H23NO4. The average Bonchev–Trinajstić information content (AvgIpc) is 2.49. The van der Waals surface area contributed by atoms with Gasteiger partial charge in [0, 0.05) is 19.6 Å². The molecule has 1 atom stereocenters. The van der Waals surface area contributed by atoms with Crippen LogP contribution >= 0.6 is 0 Å². The van der Waals surface area contributed by atoms with Gasteiger partial charge in [0.15, 0.2) is 0 Å². The highest BCUT2D eigenvalue weighted by Gasteiger charge is 2.15. The molecule has 1 aromatic carbocycles. The third kappa shape index (κ3) is 5.36. The lowest BCUT2D eigenvalue weighted by atomic mass is 10.1. The summed E-state index contributed by atoms with van der Waals surface area (Å²) in [7, 11) is 1.40. The second kappa shape index (κ2) is 8.00. The van der Waals surface area contributed by atoms with Gasteiger partial charge in [-0.1, -0.05) is 12.1 Å². The minimum atomic E-state index is -0.231. The summed E-state index contributed by atoms with van der Waals surface area (Å²) in [5.41, 5.74) is 0.927. The average molecular weight is 293 g/mol. The first-order valence-corrected chi connectivity index (χ1v) is 7.30. The molecule has 2 rings (SSSR count). The van der Waals surface area contributed by atoms with Crippen molar-refractivity contribution < 1.29 is 19.0 Å². The Hall–Kier alpha value is -1.59. The Labute approximate surface area is 125 Å². The molecule has 1 saturated heterocycles. The first-order chi connectivity index (χ1) is 10.2. The van der Waals surface area contributed by atoms with E-state index in [9.17, 15) is 4.79 Å². The van der Waals surface area contributed by atoms with Crippen LogP contribution in [0.3, 0.4) is 0 Å². The molecule has 0 bridgehead atoms. The van der Waals surface area contributed by atoms with Gasteiger partial charge in [0.2, 0.25) is 0 Å². The van der Waals surface area contributed by atoms with Gasteiger partial charge in [0.05, 0.1) is 26.2 Å². The summed E-state index contributed by atoms with van der Waals surface area (Å²) in [6.45, 7) is 6.37. The van der Waals surface area contributed by atoms with Gasteiger partial charge in [0.1, 0.15) is 12.4 Å². The summed E-state index contributed by atoms with van der Waals surface area (Å²) in [5.74, 6) is 0.593. The second-order valence-electron chi connectivity index (χ2n) is 5.23. The van der Waals surface area contributed by atoms with Crippen molar-refractivity contribution >= 4 is 5.97 Å². The first-order valence-electron chi connectivity index (χ1n) is 7.30. The fraction of sp³-hybridized carbons (Fsp3) is 0.562. The number of nitrogens with zero attached hydrogens (tertiary/aromatic N) is 1. The Morgan fingerprint density at radius 1 is 1.38 bits per heavy atom. The molecule has 1 aromatic rings. The topological polar surface area (TPSA) is 48.0 Å². The predicted octanol–water partition coefficient (Wildman–Crippen LogP) is 1.50. The maximum atomic E-state index is 11.2. The van der Waals surface area contributed by atoms with Crippen molar-refractivity contribution in [1.29, 1.82) is 0 Å². The molecule has 0 amide bonds. The number of ether oxygens (including phenoxy) is 3. The normalized spacial score (nSPS) is 19.2. The monoisotopic (exact) mass is 293 g/mol. The van der Waals surface area contributed by atoms with E-state index in [2.05, 4.69) is 16.6 Å². The Kier molecular flexibility index (Phi) is 6.02. The minimum Gasteiger partial charge on any atom is -0.492 e. The molecule has 1 fully saturated rings. The zero-order valence-corrected chi connectivity index (χ0v) is 12.7. The molecule has 21 heavy (non-hydrogen) atoms. The molecule has 0 spiro atoms. The van der Waals surface area contributed by atoms with Gasteiger partial charge in [-0.2, -0.15) is 0 Å². The SMILES string of the molecule is COC(=O)Cc1ccc(OCCN2CCO[C@H](C)C2)cc1. The standard InChI is InChI=1S/C16H23NO4/c1-13-12-17(7-9-20-13)8-10-21-15-5-3-14(4-6-15)11-16(18)19-2/h3-6,13H,7-12H2,1-2H3/t13-/m1/s1. The van der Waals surface area contributed by atoms with E-state index in [-0.39, 0.29) is 5.97 Å². The zero-order chi connectivity index (χ0) is 15.1. The molecule has 0 unspecified atom stereocenters. The van der Waals surface area contributed by atoms with Gasteiger partial charge >= 0.3 is 5.97 Å². The molecule has 1 heterocycles. The van der Waals surface area contributed by atoms with Crippen LogP contribution in [0, 0.1) is 0 Å². The molecule has 0 aromatic heterocycles. The predicted molar refractivity (Wildman–Crippen MR) is 79.5 cm³/mol. The molecule has 5 nitrogen and oxygen atoms in total. The third-order valence-corrected chi connectivity index (χ3v) is 3.50. The van der Waals surface area contributed by atoms with E-state index in [1.54, 1.807) is 0 Å². The van der Waals surface area contributed by atoms with Crippen LogP contribution in [0.15, 0.2) is 24.3 Å². The van der Waals surface area contributed by atoms with Gasteiger partial charge in [-0.05, 0) is 24.6 Å². The van der Waals surface area contributed by atoms with E-state index < -0.39 is 0 Å². The largest absolute Gasteiger partial charge is 0.492 e. The second-order valence-corrected chi connectivity index (χ2v) is 5.23. The molecule has 116 valence electrons. The van der Waals surface area contributed by atoms with Crippen molar-refractivity contribution in [3.8, 4) is 5.75 Å². The van der Waals surface area contributed by atoms with Crippen LogP contribution in [0.2, 0.25) is 0 Å². The minimum absolute atomic E-state index is 0.231. The number of benzene rings is 1. The third-order valence-electron chi connectivity index (χ3n) is 3.50. The summed E-state index contributed by atoms with van der Waals surface area (Å²) < 4.78 is 15.9. The van der Waals surface area contributed by atoms with Crippen molar-refractivity contribution in [2.75, 3.05) is 40.0 Å². The quantitative estimate of drug-likeness (QED) is 0.744. The van der Waals surface area contributed by atoms with Crippen LogP contribution in [0.4, 0.5) is 0 Å². The van der Waals surface area contributed by atoms with E-state index in [1.165, 1.54) is 7.11 Å². The van der Waals surface area contributed by atoms with E-state index in [0.29, 0.717) is 19.1 Å². The summed E-state index contributed by atoms with van der Waals surface area (Å²) in [6.07, 6.45) is 0.596. The number of rotatable bonds is 6. The fourth-order valence-corrected chi connectivity index (χ4v) is 2.33. The van der Waals surface area contributed by atoms with Crippen molar-refractivity contribution in [3.05, 3.63) is 29.8 Å². The lowest BCUT2D eigenvalue weighted by Crippen LogP contribution is -2.42. The van der Waals surface area contributed by atoms with E-state index in [4.69, 9.17) is 9.47 Å². The van der Waals surface area contributed by atoms with Gasteiger partial charge in [0.25, 0.3) is 0 Å². The molecule has 1 aliphatic heterocycles. The van der Waals surface area contributed by atoms with E-state index >= 15 is 0 Å². The number of carbonyl (C=O) groups excluding carboxylic acids is 1. The highest BCUT2D eigenvalue weighted by atomic mass is 16.5. The Morgan fingerprint density at radius 3 is 2.81 bits per heavy atom. The molecule has 5 heteroatoms. The smallest absolute Gasteiger partial charge is 0.309 e. The fourth-order valence-electron chi connectivity index (χ4n) is 2.33. The summed E-state index contributed by atoms with van der Waals surface area (Å²) in [4.78, 5) is 13.5. The highest BCUT2D eigenvalue weighted by molar-refractivity contribution is 5.72. The van der Waals surface area contributed by atoms with Crippen molar-refractivity contribution in [2.45, 2.75) is 19.4 Å². The molecular weight excluding hydrogens is 270 g/mol. The van der Waals surface area contributed by atoms with Gasteiger partial charge in [-0.25, -0.2) is 0 Å². The highest BCUT2D eigenvalue weighted by Crippen LogP contribution is 2.13. The van der Waals surface area contributed by atoms with Crippen molar-refractivity contribution in [2.24, 2.45) is 0 Å². The number of morpholine rings is 1. The maximum absolute atomic E-state index is 11.2. The number of hydrogen-bond donors (Lipinski definition) is 0. The van der Waals surface area contributed by atoms with Crippen LogP contribution in [0.5, 0.6) is 5.75 Å².